The summed E-state index contributed by atoms with van der Waals surface area (Å²) in [6.45, 7) is 3.00. The molecule has 0 aromatic heterocycles. The summed E-state index contributed by atoms with van der Waals surface area (Å²) in [6, 6.07) is 66.4. The van der Waals surface area contributed by atoms with Crippen LogP contribution in [0.4, 0.5) is 45.5 Å². The summed E-state index contributed by atoms with van der Waals surface area (Å²) in [4.78, 5) is 9.74. The highest BCUT2D eigenvalue weighted by Gasteiger charge is 2.38. The van der Waals surface area contributed by atoms with Gasteiger partial charge in [0.05, 0.1) is 6.04 Å². The molecular weight excluding hydrogens is 777 g/mol. The molecule has 0 fully saturated rings. The number of hydrogen-bond donors (Lipinski definition) is 0. The summed E-state index contributed by atoms with van der Waals surface area (Å²) >= 11 is 0. The number of fused-ring (bicyclic) bond motifs is 4. The molecule has 0 bridgehead atoms. The van der Waals surface area contributed by atoms with Crippen LogP contribution in [0.15, 0.2) is 248 Å². The molecule has 0 saturated carbocycles. The summed E-state index contributed by atoms with van der Waals surface area (Å²) < 4.78 is 0. The molecule has 0 radical (unpaired) electrons. The molecule has 2 atom stereocenters. The topological polar surface area (TPSA) is 13.0 Å². The lowest BCUT2D eigenvalue weighted by Crippen LogP contribution is -2.28. The van der Waals surface area contributed by atoms with Gasteiger partial charge in [0.25, 0.3) is 0 Å². The fourth-order valence-electron chi connectivity index (χ4n) is 9.98. The van der Waals surface area contributed by atoms with Crippen LogP contribution in [0.3, 0.4) is 0 Å². The van der Waals surface area contributed by atoms with Gasteiger partial charge in [-0.3, -0.25) is 0 Å². The molecule has 7 aromatic carbocycles. The van der Waals surface area contributed by atoms with Crippen molar-refractivity contribution >= 4 is 51.1 Å². The Morgan fingerprint density at radius 2 is 1.19 bits per heavy atom. The Balaban J connectivity index is 0.902. The van der Waals surface area contributed by atoms with Gasteiger partial charge in [0, 0.05) is 74.9 Å². The van der Waals surface area contributed by atoms with Gasteiger partial charge in [0.2, 0.25) is 0 Å². The van der Waals surface area contributed by atoms with Crippen molar-refractivity contribution in [3.63, 3.8) is 0 Å². The van der Waals surface area contributed by atoms with Gasteiger partial charge in [0.15, 0.2) is 0 Å². The standard InChI is InChI=1S/C60H50N4/c1-2-47(41-46-43-61(48-19-7-3-8-20-48)58-29-17-15-27-55(46)58)62(49-21-9-4-10-22-49)52-35-31-44(32-36-52)45-33-37-53(38-34-45)63(50-23-11-5-12-24-50)54-39-40-60-57(42-54)56-28-16-18-30-59(56)64(60)51-25-13-6-14-26-51/h2-7,9-19,21-42,56,59H,8,20,43H2,1H3/b46-41+,47-2+. The molecule has 7 aromatic rings. The Kier molecular flexibility index (Phi) is 10.5. The molecule has 0 spiro atoms. The Morgan fingerprint density at radius 3 is 1.89 bits per heavy atom. The van der Waals surface area contributed by atoms with E-state index in [0.717, 1.165) is 53.5 Å². The van der Waals surface area contributed by atoms with Gasteiger partial charge in [0.1, 0.15) is 0 Å². The second-order valence-corrected chi connectivity index (χ2v) is 16.8. The zero-order valence-electron chi connectivity index (χ0n) is 36.1. The maximum atomic E-state index is 2.50. The zero-order valence-corrected chi connectivity index (χ0v) is 36.1. The molecular formula is C60H50N4. The number of anilines is 8. The normalized spacial score (nSPS) is 17.9. The van der Waals surface area contributed by atoms with Gasteiger partial charge in [-0.15, -0.1) is 0 Å². The van der Waals surface area contributed by atoms with Gasteiger partial charge in [-0.25, -0.2) is 0 Å². The van der Waals surface area contributed by atoms with Crippen LogP contribution in [0.1, 0.15) is 36.8 Å². The van der Waals surface area contributed by atoms with Crippen molar-refractivity contribution in [2.24, 2.45) is 0 Å². The molecule has 0 N–H and O–H groups in total. The van der Waals surface area contributed by atoms with Crippen molar-refractivity contribution < 1.29 is 0 Å². The highest BCUT2D eigenvalue weighted by molar-refractivity contribution is 5.90. The first-order chi connectivity index (χ1) is 31.7. The van der Waals surface area contributed by atoms with Crippen LogP contribution < -0.4 is 19.6 Å². The SMILES string of the molecule is C/C=C(\C=C1/CN(C2=CC=CCC2)c2ccccc21)N(c1ccccc1)c1ccc(-c2ccc(N(c3ccccc3)c3ccc4c(c3)C3C=CC=CC3N4c3ccccc3)cc2)cc1. The smallest absolute Gasteiger partial charge is 0.0629 e. The third kappa shape index (κ3) is 7.27. The second-order valence-electron chi connectivity index (χ2n) is 16.8. The molecule has 64 heavy (non-hydrogen) atoms. The minimum absolute atomic E-state index is 0.243. The largest absolute Gasteiger partial charge is 0.340 e. The average molecular weight is 827 g/mol. The van der Waals surface area contributed by atoms with Crippen molar-refractivity contribution in [1.29, 1.82) is 0 Å². The fourth-order valence-corrected chi connectivity index (χ4v) is 9.98. The van der Waals surface area contributed by atoms with Crippen molar-refractivity contribution in [3.05, 3.63) is 259 Å². The minimum atomic E-state index is 0.243. The predicted octanol–water partition coefficient (Wildman–Crippen LogP) is 15.7. The quantitative estimate of drug-likeness (QED) is 0.136. The van der Waals surface area contributed by atoms with Crippen molar-refractivity contribution in [2.75, 3.05) is 26.1 Å². The summed E-state index contributed by atoms with van der Waals surface area (Å²) in [6.07, 6.45) is 22.6. The highest BCUT2D eigenvalue weighted by Crippen LogP contribution is 2.50. The Labute approximate surface area is 377 Å². The number of rotatable bonds is 10. The first kappa shape index (κ1) is 39.1. The maximum absolute atomic E-state index is 2.50. The van der Waals surface area contributed by atoms with E-state index < -0.39 is 0 Å². The fraction of sp³-hybridized carbons (Fsp3) is 0.100. The molecule has 0 amide bonds. The van der Waals surface area contributed by atoms with Crippen LogP contribution in [0.2, 0.25) is 0 Å². The van der Waals surface area contributed by atoms with Crippen LogP contribution in [0.5, 0.6) is 0 Å². The van der Waals surface area contributed by atoms with E-state index in [1.807, 2.05) is 0 Å². The Morgan fingerprint density at radius 1 is 0.578 bits per heavy atom. The van der Waals surface area contributed by atoms with Gasteiger partial charge in [-0.2, -0.15) is 0 Å². The molecule has 0 saturated heterocycles. The van der Waals surface area contributed by atoms with E-state index in [2.05, 4.69) is 263 Å². The summed E-state index contributed by atoms with van der Waals surface area (Å²) in [5, 5.41) is 0. The van der Waals surface area contributed by atoms with Crippen molar-refractivity contribution in [3.8, 4) is 11.1 Å². The zero-order chi connectivity index (χ0) is 42.8. The van der Waals surface area contributed by atoms with Crippen LogP contribution in [0.25, 0.3) is 16.7 Å². The van der Waals surface area contributed by atoms with Gasteiger partial charge >= 0.3 is 0 Å². The summed E-state index contributed by atoms with van der Waals surface area (Å²) in [5.74, 6) is 0.272. The van der Waals surface area contributed by atoms with E-state index in [1.165, 1.54) is 50.6 Å². The van der Waals surface area contributed by atoms with Gasteiger partial charge < -0.3 is 19.6 Å². The molecule has 310 valence electrons. The molecule has 2 aliphatic heterocycles. The number of hydrogen-bond acceptors (Lipinski definition) is 4. The molecule has 4 nitrogen and oxygen atoms in total. The predicted molar refractivity (Wildman–Crippen MR) is 271 cm³/mol. The maximum Gasteiger partial charge on any atom is 0.0629 e. The lowest BCUT2D eigenvalue weighted by atomic mass is 9.91. The van der Waals surface area contributed by atoms with E-state index in [4.69, 9.17) is 0 Å². The number of nitrogens with zero attached hydrogens (tertiary/aromatic N) is 4. The monoisotopic (exact) mass is 826 g/mol. The molecule has 2 aliphatic carbocycles. The van der Waals surface area contributed by atoms with E-state index in [-0.39, 0.29) is 12.0 Å². The Bertz CT molecular complexity index is 2980. The highest BCUT2D eigenvalue weighted by atomic mass is 15.2. The Hall–Kier alpha value is -7.82. The third-order valence-corrected chi connectivity index (χ3v) is 13.0. The summed E-state index contributed by atoms with van der Waals surface area (Å²) in [7, 11) is 0. The molecule has 2 heterocycles. The number of benzene rings is 7. The van der Waals surface area contributed by atoms with Crippen LogP contribution >= 0.6 is 0 Å². The second kappa shape index (κ2) is 17.2. The van der Waals surface area contributed by atoms with E-state index >= 15 is 0 Å². The first-order valence-corrected chi connectivity index (χ1v) is 22.6. The molecule has 11 rings (SSSR count). The average Bonchev–Trinajstić information content (AvgIpc) is 3.91. The van der Waals surface area contributed by atoms with Crippen molar-refractivity contribution in [2.45, 2.75) is 31.7 Å². The molecule has 4 aliphatic rings. The van der Waals surface area contributed by atoms with E-state index in [9.17, 15) is 0 Å². The lowest BCUT2D eigenvalue weighted by Gasteiger charge is -2.28. The van der Waals surface area contributed by atoms with Crippen LogP contribution in [-0.4, -0.2) is 12.6 Å². The lowest BCUT2D eigenvalue weighted by molar-refractivity contribution is 0.745. The third-order valence-electron chi connectivity index (χ3n) is 13.0. The molecule has 2 unspecified atom stereocenters. The number of para-hydroxylation sites is 4. The minimum Gasteiger partial charge on any atom is -0.340 e. The molecule has 4 heteroatoms. The van der Waals surface area contributed by atoms with E-state index in [0.29, 0.717) is 0 Å². The van der Waals surface area contributed by atoms with Gasteiger partial charge in [-0.1, -0.05) is 140 Å². The van der Waals surface area contributed by atoms with Gasteiger partial charge in [-0.05, 0) is 139 Å². The first-order valence-electron chi connectivity index (χ1n) is 22.6. The van der Waals surface area contributed by atoms with Crippen molar-refractivity contribution in [1.82, 2.24) is 0 Å². The van der Waals surface area contributed by atoms with Crippen LogP contribution in [-0.2, 0) is 0 Å². The van der Waals surface area contributed by atoms with Crippen LogP contribution in [0, 0.1) is 0 Å². The van der Waals surface area contributed by atoms with E-state index in [1.54, 1.807) is 0 Å². The summed E-state index contributed by atoms with van der Waals surface area (Å²) in [5.41, 5.74) is 18.2. The number of allylic oxidation sites excluding steroid dienone is 8.